The minimum absolute atomic E-state index is 0.0705. The third-order valence-electron chi connectivity index (χ3n) is 5.71. The van der Waals surface area contributed by atoms with E-state index < -0.39 is 12.0 Å². The van der Waals surface area contributed by atoms with Crippen LogP contribution in [0.15, 0.2) is 42.7 Å². The quantitative estimate of drug-likeness (QED) is 0.917. The lowest BCUT2D eigenvalue weighted by molar-refractivity contribution is -0.141. The first-order chi connectivity index (χ1) is 12.6. The Hall–Kier alpha value is -2.63. The van der Waals surface area contributed by atoms with Crippen molar-refractivity contribution >= 4 is 11.9 Å². The Labute approximate surface area is 152 Å². The maximum Gasteiger partial charge on any atom is 0.326 e. The van der Waals surface area contributed by atoms with E-state index in [-0.39, 0.29) is 11.9 Å². The highest BCUT2D eigenvalue weighted by Gasteiger charge is 2.47. The van der Waals surface area contributed by atoms with Crippen LogP contribution in [0.5, 0.6) is 0 Å². The largest absolute Gasteiger partial charge is 0.480 e. The average Bonchev–Trinajstić information content (AvgIpc) is 3.29. The fraction of sp³-hybridized carbons (Fsp3) is 0.450. The van der Waals surface area contributed by atoms with E-state index in [1.54, 1.807) is 23.2 Å². The van der Waals surface area contributed by atoms with Gasteiger partial charge in [0.15, 0.2) is 0 Å². The molecular formula is C20H23N3O3. The molecule has 6 heteroatoms. The highest BCUT2D eigenvalue weighted by atomic mass is 16.4. The zero-order chi connectivity index (χ0) is 18.1. The van der Waals surface area contributed by atoms with Crippen LogP contribution in [0.4, 0.5) is 0 Å². The molecule has 1 N–H and O–H groups in total. The molecule has 26 heavy (non-hydrogen) atoms. The Kier molecular flexibility index (Phi) is 4.49. The van der Waals surface area contributed by atoms with Crippen molar-refractivity contribution in [3.63, 3.8) is 0 Å². The van der Waals surface area contributed by atoms with E-state index >= 15 is 0 Å². The number of aliphatic carboxylic acids is 1. The second kappa shape index (κ2) is 6.94. The number of carboxylic acid groups (broad SMARTS) is 1. The number of carbonyl (C=O) groups is 2. The molecule has 1 aliphatic heterocycles. The highest BCUT2D eigenvalue weighted by Crippen LogP contribution is 2.40. The van der Waals surface area contributed by atoms with Crippen molar-refractivity contribution in [3.8, 4) is 0 Å². The first-order valence-corrected chi connectivity index (χ1v) is 9.25. The molecule has 2 fully saturated rings. The van der Waals surface area contributed by atoms with E-state index in [9.17, 15) is 14.7 Å². The van der Waals surface area contributed by atoms with E-state index in [1.807, 2.05) is 29.1 Å². The van der Waals surface area contributed by atoms with E-state index in [0.717, 1.165) is 31.2 Å². The summed E-state index contributed by atoms with van der Waals surface area (Å²) in [5.74, 6) is -0.714. The van der Waals surface area contributed by atoms with Crippen molar-refractivity contribution in [3.05, 3.63) is 53.9 Å². The number of aromatic nitrogens is 2. The second-order valence-corrected chi connectivity index (χ2v) is 7.31. The van der Waals surface area contributed by atoms with Crippen molar-refractivity contribution in [1.29, 1.82) is 0 Å². The fourth-order valence-corrected chi connectivity index (χ4v) is 4.46. The van der Waals surface area contributed by atoms with Gasteiger partial charge >= 0.3 is 5.97 Å². The molecule has 4 rings (SSSR count). The summed E-state index contributed by atoms with van der Waals surface area (Å²) in [6.07, 6.45) is 8.36. The molecule has 3 atom stereocenters. The average molecular weight is 353 g/mol. The number of likely N-dealkylation sites (tertiary alicyclic amines) is 1. The normalized spacial score (nSPS) is 25.1. The minimum Gasteiger partial charge on any atom is -0.480 e. The summed E-state index contributed by atoms with van der Waals surface area (Å²) in [6.45, 7) is 0.646. The van der Waals surface area contributed by atoms with Gasteiger partial charge in [0, 0.05) is 24.0 Å². The number of rotatable bonds is 4. The molecule has 0 radical (unpaired) electrons. The smallest absolute Gasteiger partial charge is 0.326 e. The summed E-state index contributed by atoms with van der Waals surface area (Å²) in [7, 11) is 0. The Morgan fingerprint density at radius 2 is 1.92 bits per heavy atom. The van der Waals surface area contributed by atoms with Crippen molar-refractivity contribution < 1.29 is 14.7 Å². The van der Waals surface area contributed by atoms with E-state index in [0.29, 0.717) is 24.4 Å². The lowest BCUT2D eigenvalue weighted by atomic mass is 9.84. The highest BCUT2D eigenvalue weighted by molar-refractivity contribution is 5.97. The number of benzene rings is 1. The summed E-state index contributed by atoms with van der Waals surface area (Å²) in [5.41, 5.74) is 1.61. The molecule has 1 aromatic heterocycles. The number of carbonyl (C=O) groups excluding carboxylic acids is 1. The van der Waals surface area contributed by atoms with Gasteiger partial charge < -0.3 is 10.0 Å². The molecule has 2 heterocycles. The van der Waals surface area contributed by atoms with Gasteiger partial charge in [-0.05, 0) is 48.9 Å². The minimum atomic E-state index is -0.886. The summed E-state index contributed by atoms with van der Waals surface area (Å²) in [5, 5.41) is 13.8. The van der Waals surface area contributed by atoms with Crippen LogP contribution in [-0.2, 0) is 11.3 Å². The standard InChI is InChI=1S/C20H23N3O3/c24-19(15-8-6-14(7-9-15)13-22-11-3-10-21-22)23-17-5-2-1-4-16(17)12-18(23)20(25)26/h3,6-11,16-18H,1-2,4-5,12-13H2,(H,25,26)/t16-,17+,18+/m1/s1. The molecule has 1 saturated heterocycles. The van der Waals surface area contributed by atoms with Crippen LogP contribution in [0.25, 0.3) is 0 Å². The zero-order valence-electron chi connectivity index (χ0n) is 14.6. The Bertz CT molecular complexity index is 785. The van der Waals surface area contributed by atoms with Crippen LogP contribution in [-0.4, -0.2) is 43.7 Å². The van der Waals surface area contributed by atoms with Crippen molar-refractivity contribution in [1.82, 2.24) is 14.7 Å². The van der Waals surface area contributed by atoms with Crippen molar-refractivity contribution in [2.75, 3.05) is 0 Å². The number of amides is 1. The van der Waals surface area contributed by atoms with Gasteiger partial charge in [0.1, 0.15) is 6.04 Å². The van der Waals surface area contributed by atoms with E-state index in [2.05, 4.69) is 5.10 Å². The topological polar surface area (TPSA) is 75.4 Å². The van der Waals surface area contributed by atoms with E-state index in [4.69, 9.17) is 0 Å². The molecule has 6 nitrogen and oxygen atoms in total. The number of hydrogen-bond acceptors (Lipinski definition) is 3. The molecule has 2 aromatic rings. The molecule has 1 saturated carbocycles. The summed E-state index contributed by atoms with van der Waals surface area (Å²) >= 11 is 0. The maximum atomic E-state index is 13.1. The molecule has 0 spiro atoms. The molecule has 1 aromatic carbocycles. The second-order valence-electron chi connectivity index (χ2n) is 7.31. The van der Waals surface area contributed by atoms with Crippen LogP contribution in [0.3, 0.4) is 0 Å². The summed E-state index contributed by atoms with van der Waals surface area (Å²) < 4.78 is 1.82. The SMILES string of the molecule is O=C(O)[C@@H]1C[C@H]2CCCC[C@@H]2N1C(=O)c1ccc(Cn2cccn2)cc1. The van der Waals surface area contributed by atoms with Gasteiger partial charge in [-0.1, -0.05) is 25.0 Å². The lowest BCUT2D eigenvalue weighted by Gasteiger charge is -2.33. The summed E-state index contributed by atoms with van der Waals surface area (Å²) in [4.78, 5) is 26.5. The number of nitrogens with zero attached hydrogens (tertiary/aromatic N) is 3. The first kappa shape index (κ1) is 16.8. The van der Waals surface area contributed by atoms with Crippen molar-refractivity contribution in [2.45, 2.75) is 50.7 Å². The van der Waals surface area contributed by atoms with Gasteiger partial charge in [0.05, 0.1) is 6.54 Å². The van der Waals surface area contributed by atoms with Crippen LogP contribution < -0.4 is 0 Å². The number of carboxylic acids is 1. The molecule has 1 amide bonds. The fourth-order valence-electron chi connectivity index (χ4n) is 4.46. The van der Waals surface area contributed by atoms with Gasteiger partial charge in [-0.3, -0.25) is 9.48 Å². The molecule has 136 valence electrons. The maximum absolute atomic E-state index is 13.1. The van der Waals surface area contributed by atoms with Crippen LogP contribution in [0.2, 0.25) is 0 Å². The van der Waals surface area contributed by atoms with Crippen LogP contribution in [0, 0.1) is 5.92 Å². The number of fused-ring (bicyclic) bond motifs is 1. The molecular weight excluding hydrogens is 330 g/mol. The van der Waals surface area contributed by atoms with Crippen LogP contribution in [0.1, 0.15) is 48.0 Å². The third-order valence-corrected chi connectivity index (χ3v) is 5.71. The zero-order valence-corrected chi connectivity index (χ0v) is 14.6. The van der Waals surface area contributed by atoms with Crippen molar-refractivity contribution in [2.24, 2.45) is 5.92 Å². The molecule has 0 bridgehead atoms. The monoisotopic (exact) mass is 353 g/mol. The third kappa shape index (κ3) is 3.11. The van der Waals surface area contributed by atoms with Gasteiger partial charge in [-0.2, -0.15) is 5.10 Å². The molecule has 2 aliphatic rings. The lowest BCUT2D eigenvalue weighted by Crippen LogP contribution is -2.46. The number of hydrogen-bond donors (Lipinski definition) is 1. The van der Waals surface area contributed by atoms with Gasteiger partial charge in [0.2, 0.25) is 0 Å². The summed E-state index contributed by atoms with van der Waals surface area (Å²) in [6, 6.07) is 8.68. The predicted molar refractivity (Wildman–Crippen MR) is 95.7 cm³/mol. The van der Waals surface area contributed by atoms with Gasteiger partial charge in [-0.25, -0.2) is 4.79 Å². The Morgan fingerprint density at radius 1 is 1.15 bits per heavy atom. The van der Waals surface area contributed by atoms with Crippen LogP contribution >= 0.6 is 0 Å². The first-order valence-electron chi connectivity index (χ1n) is 9.25. The Morgan fingerprint density at radius 3 is 2.62 bits per heavy atom. The Balaban J connectivity index is 1.54. The van der Waals surface area contributed by atoms with E-state index in [1.165, 1.54) is 0 Å². The molecule has 1 aliphatic carbocycles. The van der Waals surface area contributed by atoms with Gasteiger partial charge in [0.25, 0.3) is 5.91 Å². The predicted octanol–water partition coefficient (Wildman–Crippen LogP) is 2.79. The molecule has 0 unspecified atom stereocenters. The van der Waals surface area contributed by atoms with Gasteiger partial charge in [-0.15, -0.1) is 0 Å².